The van der Waals surface area contributed by atoms with Gasteiger partial charge in [-0.2, -0.15) is 0 Å². The number of hydrogen-bond acceptors (Lipinski definition) is 1. The van der Waals surface area contributed by atoms with Crippen molar-refractivity contribution in [3.8, 4) is 0 Å². The van der Waals surface area contributed by atoms with Crippen LogP contribution in [0.1, 0.15) is 5.56 Å². The first-order chi connectivity index (χ1) is 6.22. The van der Waals surface area contributed by atoms with E-state index in [9.17, 15) is 0 Å². The Morgan fingerprint density at radius 3 is 2.85 bits per heavy atom. The second-order valence-corrected chi connectivity index (χ2v) is 5.40. The highest BCUT2D eigenvalue weighted by Crippen LogP contribution is 2.32. The van der Waals surface area contributed by atoms with E-state index in [2.05, 4.69) is 34.0 Å². The maximum Gasteiger partial charge on any atom is 0.0546 e. The van der Waals surface area contributed by atoms with Gasteiger partial charge in [0.05, 0.1) is 5.02 Å². The van der Waals surface area contributed by atoms with Gasteiger partial charge >= 0.3 is 0 Å². The molecular formula is C9H5Cl2IS. The van der Waals surface area contributed by atoms with Gasteiger partial charge in [-0.05, 0) is 51.1 Å². The average molecular weight is 343 g/mol. The molecule has 4 heteroatoms. The molecule has 68 valence electrons. The van der Waals surface area contributed by atoms with E-state index in [1.165, 1.54) is 15.6 Å². The van der Waals surface area contributed by atoms with Crippen molar-refractivity contribution in [3.05, 3.63) is 31.7 Å². The maximum absolute atomic E-state index is 6.03. The Bertz CT molecular complexity index is 450. The molecule has 0 fully saturated rings. The predicted octanol–water partition coefficient (Wildman–Crippen LogP) is 4.90. The lowest BCUT2D eigenvalue weighted by atomic mass is 10.2. The molecule has 0 saturated carbocycles. The van der Waals surface area contributed by atoms with Crippen LogP contribution in [0.25, 0.3) is 10.1 Å². The molecule has 0 spiro atoms. The van der Waals surface area contributed by atoms with Crippen molar-refractivity contribution >= 4 is 67.2 Å². The first kappa shape index (κ1) is 10.0. The second kappa shape index (κ2) is 3.93. The van der Waals surface area contributed by atoms with Crippen LogP contribution >= 0.6 is 57.1 Å². The summed E-state index contributed by atoms with van der Waals surface area (Å²) in [6.45, 7) is 0. The SMILES string of the molecule is ClCc1csc2cc(I)c(Cl)cc12. The molecule has 0 amide bonds. The van der Waals surface area contributed by atoms with Crippen LogP contribution < -0.4 is 0 Å². The second-order valence-electron chi connectivity index (χ2n) is 2.66. The summed E-state index contributed by atoms with van der Waals surface area (Å²) in [7, 11) is 0. The zero-order valence-corrected chi connectivity index (χ0v) is 11.0. The number of hydrogen-bond donors (Lipinski definition) is 0. The first-order valence-electron chi connectivity index (χ1n) is 3.63. The first-order valence-corrected chi connectivity index (χ1v) is 6.50. The van der Waals surface area contributed by atoms with Crippen LogP contribution in [-0.4, -0.2) is 0 Å². The van der Waals surface area contributed by atoms with E-state index in [0.29, 0.717) is 5.88 Å². The summed E-state index contributed by atoms with van der Waals surface area (Å²) in [5.41, 5.74) is 1.17. The lowest BCUT2D eigenvalue weighted by Crippen LogP contribution is -1.76. The fourth-order valence-corrected chi connectivity index (χ4v) is 3.32. The highest BCUT2D eigenvalue weighted by molar-refractivity contribution is 14.1. The zero-order chi connectivity index (χ0) is 9.42. The largest absolute Gasteiger partial charge is 0.143 e. The molecule has 0 unspecified atom stereocenters. The van der Waals surface area contributed by atoms with Crippen molar-refractivity contribution in [1.82, 2.24) is 0 Å². The topological polar surface area (TPSA) is 0 Å². The van der Waals surface area contributed by atoms with Crippen LogP contribution in [0.5, 0.6) is 0 Å². The summed E-state index contributed by atoms with van der Waals surface area (Å²) >= 11 is 15.8. The van der Waals surface area contributed by atoms with Crippen LogP contribution in [0.15, 0.2) is 17.5 Å². The van der Waals surface area contributed by atoms with Gasteiger partial charge in [-0.25, -0.2) is 0 Å². The molecular weight excluding hydrogens is 338 g/mol. The highest BCUT2D eigenvalue weighted by atomic mass is 127. The van der Waals surface area contributed by atoms with Crippen molar-refractivity contribution in [2.24, 2.45) is 0 Å². The summed E-state index contributed by atoms with van der Waals surface area (Å²) < 4.78 is 2.35. The van der Waals surface area contributed by atoms with Crippen LogP contribution in [-0.2, 0) is 5.88 Å². The number of benzene rings is 1. The highest BCUT2D eigenvalue weighted by Gasteiger charge is 2.06. The predicted molar refractivity (Wildman–Crippen MR) is 69.1 cm³/mol. The van der Waals surface area contributed by atoms with E-state index >= 15 is 0 Å². The molecule has 2 aromatic rings. The van der Waals surface area contributed by atoms with E-state index < -0.39 is 0 Å². The fourth-order valence-electron chi connectivity index (χ4n) is 1.18. The fraction of sp³-hybridized carbons (Fsp3) is 0.111. The molecule has 0 aliphatic heterocycles. The lowest BCUT2D eigenvalue weighted by Gasteiger charge is -1.97. The van der Waals surface area contributed by atoms with Gasteiger partial charge in [-0.3, -0.25) is 0 Å². The average Bonchev–Trinajstić information content (AvgIpc) is 2.48. The molecule has 0 radical (unpaired) electrons. The van der Waals surface area contributed by atoms with Crippen molar-refractivity contribution in [1.29, 1.82) is 0 Å². The summed E-state index contributed by atoms with van der Waals surface area (Å²) in [6.07, 6.45) is 0. The minimum Gasteiger partial charge on any atom is -0.143 e. The molecule has 0 bridgehead atoms. The van der Waals surface area contributed by atoms with Gasteiger partial charge in [0.15, 0.2) is 0 Å². The minimum absolute atomic E-state index is 0.553. The van der Waals surface area contributed by atoms with Crippen molar-refractivity contribution in [2.75, 3.05) is 0 Å². The number of alkyl halides is 1. The molecule has 13 heavy (non-hydrogen) atoms. The Kier molecular flexibility index (Phi) is 3.03. The molecule has 0 saturated heterocycles. The Labute approximate surface area is 104 Å². The normalized spacial score (nSPS) is 11.0. The maximum atomic E-state index is 6.03. The van der Waals surface area contributed by atoms with E-state index in [-0.39, 0.29) is 0 Å². The van der Waals surface area contributed by atoms with Crippen LogP contribution in [0.2, 0.25) is 5.02 Å². The van der Waals surface area contributed by atoms with Gasteiger partial charge in [0.1, 0.15) is 0 Å². The minimum atomic E-state index is 0.553. The third-order valence-electron chi connectivity index (χ3n) is 1.84. The number of halogens is 3. The van der Waals surface area contributed by atoms with Gasteiger partial charge in [-0.1, -0.05) is 11.6 Å². The van der Waals surface area contributed by atoms with Gasteiger partial charge in [-0.15, -0.1) is 22.9 Å². The molecule has 0 nitrogen and oxygen atoms in total. The molecule has 0 atom stereocenters. The molecule has 0 N–H and O–H groups in total. The summed E-state index contributed by atoms with van der Waals surface area (Å²) in [4.78, 5) is 0. The van der Waals surface area contributed by atoms with E-state index in [0.717, 1.165) is 8.59 Å². The zero-order valence-electron chi connectivity index (χ0n) is 6.48. The summed E-state index contributed by atoms with van der Waals surface area (Å²) in [5, 5.41) is 4.08. The van der Waals surface area contributed by atoms with Gasteiger partial charge < -0.3 is 0 Å². The summed E-state index contributed by atoms with van der Waals surface area (Å²) in [6, 6.07) is 4.09. The monoisotopic (exact) mass is 342 g/mol. The Morgan fingerprint density at radius 1 is 1.38 bits per heavy atom. The van der Waals surface area contributed by atoms with Gasteiger partial charge in [0.2, 0.25) is 0 Å². The van der Waals surface area contributed by atoms with Crippen LogP contribution in [0.3, 0.4) is 0 Å². The molecule has 0 aliphatic rings. The molecule has 1 aromatic heterocycles. The molecule has 2 rings (SSSR count). The Morgan fingerprint density at radius 2 is 2.15 bits per heavy atom. The van der Waals surface area contributed by atoms with E-state index in [4.69, 9.17) is 23.2 Å². The Balaban J connectivity index is 2.77. The lowest BCUT2D eigenvalue weighted by molar-refractivity contribution is 1.50. The van der Waals surface area contributed by atoms with Crippen LogP contribution in [0.4, 0.5) is 0 Å². The van der Waals surface area contributed by atoms with Gasteiger partial charge in [0.25, 0.3) is 0 Å². The standard InChI is InChI=1S/C9H5Cl2IS/c10-3-5-4-13-9-2-8(12)7(11)1-6(5)9/h1-2,4H,3H2. The number of thiophene rings is 1. The van der Waals surface area contributed by atoms with E-state index in [1.54, 1.807) is 11.3 Å². The van der Waals surface area contributed by atoms with Crippen molar-refractivity contribution in [2.45, 2.75) is 5.88 Å². The molecule has 0 aliphatic carbocycles. The number of fused-ring (bicyclic) bond motifs is 1. The van der Waals surface area contributed by atoms with Gasteiger partial charge in [0, 0.05) is 14.2 Å². The number of rotatable bonds is 1. The smallest absolute Gasteiger partial charge is 0.0546 e. The Hall–Kier alpha value is 0.490. The third kappa shape index (κ3) is 1.82. The van der Waals surface area contributed by atoms with Crippen molar-refractivity contribution < 1.29 is 0 Å². The third-order valence-corrected chi connectivity index (χ3v) is 4.65. The van der Waals surface area contributed by atoms with Crippen LogP contribution in [0, 0.1) is 3.57 Å². The quantitative estimate of drug-likeness (QED) is 0.511. The van der Waals surface area contributed by atoms with E-state index in [1.807, 2.05) is 6.07 Å². The summed E-state index contributed by atoms with van der Waals surface area (Å²) in [5.74, 6) is 0.553. The van der Waals surface area contributed by atoms with Crippen molar-refractivity contribution in [3.63, 3.8) is 0 Å². The molecule has 1 heterocycles. The molecule has 1 aromatic carbocycles.